The highest BCUT2D eigenvalue weighted by molar-refractivity contribution is 7.87. The Morgan fingerprint density at radius 2 is 2.00 bits per heavy atom. The fourth-order valence-corrected chi connectivity index (χ4v) is 2.31. The van der Waals surface area contributed by atoms with E-state index < -0.39 is 15.8 Å². The van der Waals surface area contributed by atoms with Gasteiger partial charge in [-0.25, -0.2) is 4.72 Å². The first-order valence-corrected chi connectivity index (χ1v) is 6.42. The summed E-state index contributed by atoms with van der Waals surface area (Å²) in [5.41, 5.74) is -0.805. The van der Waals surface area contributed by atoms with E-state index in [1.165, 1.54) is 0 Å². The maximum absolute atomic E-state index is 11.2. The van der Waals surface area contributed by atoms with E-state index in [0.717, 1.165) is 12.8 Å². The normalized spacial score (nSPS) is 20.4. The van der Waals surface area contributed by atoms with Gasteiger partial charge in [-0.15, -0.1) is 0 Å². The van der Waals surface area contributed by atoms with E-state index in [0.29, 0.717) is 19.4 Å². The lowest BCUT2D eigenvalue weighted by molar-refractivity contribution is -0.0271. The van der Waals surface area contributed by atoms with E-state index in [9.17, 15) is 13.5 Å². The summed E-state index contributed by atoms with van der Waals surface area (Å²) in [6, 6.07) is 0. The summed E-state index contributed by atoms with van der Waals surface area (Å²) in [5, 5.41) is 9.64. The summed E-state index contributed by atoms with van der Waals surface area (Å²) >= 11 is 0. The highest BCUT2D eigenvalue weighted by atomic mass is 32.2. The number of aliphatic hydroxyl groups is 1. The van der Waals surface area contributed by atoms with E-state index in [1.54, 1.807) is 0 Å². The number of hydrogen-bond acceptors (Lipinski definition) is 3. The molecular weight excluding hydrogens is 204 g/mol. The molecule has 6 heteroatoms. The summed E-state index contributed by atoms with van der Waals surface area (Å²) in [5.74, 6) is 0. The summed E-state index contributed by atoms with van der Waals surface area (Å²) in [4.78, 5) is 0. The standard InChI is InChI=1S/C8H18N2O3S/c1-2-6-9-14(12,13)10-7-8(11)4-3-5-8/h9-11H,2-7H2,1H3. The highest BCUT2D eigenvalue weighted by Crippen LogP contribution is 2.30. The molecule has 0 aliphatic heterocycles. The smallest absolute Gasteiger partial charge is 0.277 e. The van der Waals surface area contributed by atoms with Crippen LogP contribution in [-0.4, -0.2) is 32.2 Å². The molecule has 0 unspecified atom stereocenters. The molecule has 3 N–H and O–H groups in total. The van der Waals surface area contributed by atoms with Crippen LogP contribution in [0.15, 0.2) is 0 Å². The number of rotatable bonds is 6. The molecule has 0 radical (unpaired) electrons. The molecule has 1 rings (SSSR count). The van der Waals surface area contributed by atoms with Crippen molar-refractivity contribution >= 4 is 10.2 Å². The predicted octanol–water partition coefficient (Wildman–Crippen LogP) is -0.265. The van der Waals surface area contributed by atoms with Crippen LogP contribution in [0.4, 0.5) is 0 Å². The van der Waals surface area contributed by atoms with Crippen LogP contribution in [0.25, 0.3) is 0 Å². The lowest BCUT2D eigenvalue weighted by Crippen LogP contribution is -2.50. The first kappa shape index (κ1) is 11.9. The van der Waals surface area contributed by atoms with Crippen molar-refractivity contribution in [2.75, 3.05) is 13.1 Å². The Morgan fingerprint density at radius 1 is 1.36 bits per heavy atom. The molecule has 1 fully saturated rings. The Morgan fingerprint density at radius 3 is 2.43 bits per heavy atom. The van der Waals surface area contributed by atoms with Gasteiger partial charge in [0.15, 0.2) is 0 Å². The van der Waals surface area contributed by atoms with Crippen LogP contribution >= 0.6 is 0 Å². The third kappa shape index (κ3) is 3.53. The molecular formula is C8H18N2O3S. The molecule has 1 aliphatic carbocycles. The van der Waals surface area contributed by atoms with Gasteiger partial charge in [0.1, 0.15) is 0 Å². The maximum Gasteiger partial charge on any atom is 0.277 e. The zero-order valence-electron chi connectivity index (χ0n) is 8.41. The third-order valence-corrected chi connectivity index (χ3v) is 3.53. The molecule has 14 heavy (non-hydrogen) atoms. The zero-order chi connectivity index (χ0) is 10.7. The molecule has 0 atom stereocenters. The highest BCUT2D eigenvalue weighted by Gasteiger charge is 2.35. The molecule has 1 saturated carbocycles. The molecule has 0 aromatic rings. The predicted molar refractivity (Wildman–Crippen MR) is 54.0 cm³/mol. The van der Waals surface area contributed by atoms with E-state index in [4.69, 9.17) is 0 Å². The van der Waals surface area contributed by atoms with Gasteiger partial charge in [0.05, 0.1) is 5.60 Å². The molecule has 84 valence electrons. The van der Waals surface area contributed by atoms with Crippen LogP contribution in [0.1, 0.15) is 32.6 Å². The van der Waals surface area contributed by atoms with Gasteiger partial charge in [0.2, 0.25) is 0 Å². The first-order valence-electron chi connectivity index (χ1n) is 4.94. The van der Waals surface area contributed by atoms with Gasteiger partial charge >= 0.3 is 0 Å². The summed E-state index contributed by atoms with van der Waals surface area (Å²) in [6.07, 6.45) is 3.10. The SMILES string of the molecule is CCCNS(=O)(=O)NCC1(O)CCC1. The van der Waals surface area contributed by atoms with E-state index in [1.807, 2.05) is 6.92 Å². The van der Waals surface area contributed by atoms with Gasteiger partial charge in [-0.3, -0.25) is 0 Å². The summed E-state index contributed by atoms with van der Waals surface area (Å²) < 4.78 is 27.2. The fourth-order valence-electron chi connectivity index (χ4n) is 1.28. The molecule has 0 heterocycles. The van der Waals surface area contributed by atoms with E-state index >= 15 is 0 Å². The van der Waals surface area contributed by atoms with Crippen molar-refractivity contribution in [2.24, 2.45) is 0 Å². The quantitative estimate of drug-likeness (QED) is 0.579. The summed E-state index contributed by atoms with van der Waals surface area (Å²) in [7, 11) is -3.41. The third-order valence-electron chi connectivity index (χ3n) is 2.42. The van der Waals surface area contributed by atoms with Crippen molar-refractivity contribution in [3.05, 3.63) is 0 Å². The van der Waals surface area contributed by atoms with Crippen LogP contribution in [0.3, 0.4) is 0 Å². The number of hydrogen-bond donors (Lipinski definition) is 3. The van der Waals surface area contributed by atoms with Crippen LogP contribution in [0, 0.1) is 0 Å². The monoisotopic (exact) mass is 222 g/mol. The lowest BCUT2D eigenvalue weighted by Gasteiger charge is -2.36. The molecule has 1 aliphatic rings. The molecule has 0 saturated heterocycles. The largest absolute Gasteiger partial charge is 0.389 e. The van der Waals surface area contributed by atoms with Gasteiger partial charge in [-0.2, -0.15) is 13.1 Å². The summed E-state index contributed by atoms with van der Waals surface area (Å²) in [6.45, 7) is 2.43. The Bertz CT molecular complexity index is 272. The second-order valence-electron chi connectivity index (χ2n) is 3.80. The van der Waals surface area contributed by atoms with Crippen molar-refractivity contribution in [3.63, 3.8) is 0 Å². The Labute approximate surface area is 85.1 Å². The minimum atomic E-state index is -3.41. The van der Waals surface area contributed by atoms with Crippen molar-refractivity contribution in [2.45, 2.75) is 38.2 Å². The van der Waals surface area contributed by atoms with Crippen LogP contribution in [0.5, 0.6) is 0 Å². The van der Waals surface area contributed by atoms with Crippen molar-refractivity contribution in [1.29, 1.82) is 0 Å². The lowest BCUT2D eigenvalue weighted by atomic mass is 9.81. The van der Waals surface area contributed by atoms with Gasteiger partial charge < -0.3 is 5.11 Å². The fraction of sp³-hybridized carbons (Fsp3) is 1.00. The maximum atomic E-state index is 11.2. The van der Waals surface area contributed by atoms with E-state index in [-0.39, 0.29) is 6.54 Å². The zero-order valence-corrected chi connectivity index (χ0v) is 9.23. The Kier molecular flexibility index (Phi) is 3.88. The van der Waals surface area contributed by atoms with Crippen LogP contribution in [-0.2, 0) is 10.2 Å². The average Bonchev–Trinajstić information content (AvgIpc) is 2.09. The van der Waals surface area contributed by atoms with Crippen LogP contribution < -0.4 is 9.44 Å². The Balaban J connectivity index is 2.28. The molecule has 0 aromatic heterocycles. The minimum Gasteiger partial charge on any atom is -0.389 e. The van der Waals surface area contributed by atoms with Gasteiger partial charge in [0, 0.05) is 13.1 Å². The van der Waals surface area contributed by atoms with Gasteiger partial charge in [-0.1, -0.05) is 6.92 Å². The van der Waals surface area contributed by atoms with Gasteiger partial charge in [0.25, 0.3) is 10.2 Å². The first-order chi connectivity index (χ1) is 6.47. The van der Waals surface area contributed by atoms with Crippen LogP contribution in [0.2, 0.25) is 0 Å². The van der Waals surface area contributed by atoms with E-state index in [2.05, 4.69) is 9.44 Å². The average molecular weight is 222 g/mol. The molecule has 0 spiro atoms. The number of nitrogens with one attached hydrogen (secondary N) is 2. The molecule has 5 nitrogen and oxygen atoms in total. The van der Waals surface area contributed by atoms with Crippen molar-refractivity contribution in [1.82, 2.24) is 9.44 Å². The second-order valence-corrected chi connectivity index (χ2v) is 5.38. The molecule has 0 amide bonds. The molecule has 0 bridgehead atoms. The minimum absolute atomic E-state index is 0.117. The molecule has 0 aromatic carbocycles. The Hall–Kier alpha value is -0.170. The topological polar surface area (TPSA) is 78.4 Å². The van der Waals surface area contributed by atoms with Gasteiger partial charge in [-0.05, 0) is 25.7 Å². The van der Waals surface area contributed by atoms with Crippen molar-refractivity contribution < 1.29 is 13.5 Å². The van der Waals surface area contributed by atoms with Crippen molar-refractivity contribution in [3.8, 4) is 0 Å². The second kappa shape index (κ2) is 4.57.